The minimum Gasteiger partial charge on any atom is -0.379 e. The predicted octanol–water partition coefficient (Wildman–Crippen LogP) is 3.51. The van der Waals surface area contributed by atoms with Gasteiger partial charge in [0, 0.05) is 19.1 Å². The molecule has 0 radical (unpaired) electrons. The lowest BCUT2D eigenvalue weighted by atomic mass is 10.1. The Bertz CT molecular complexity index is 193. The van der Waals surface area contributed by atoms with Gasteiger partial charge in [0.25, 0.3) is 0 Å². The van der Waals surface area contributed by atoms with Crippen LogP contribution < -0.4 is 0 Å². The molecule has 0 amide bonds. The van der Waals surface area contributed by atoms with E-state index in [0.717, 1.165) is 38.4 Å². The maximum Gasteiger partial charge on any atom is 0.0701 e. The third kappa shape index (κ3) is 18.1. The summed E-state index contributed by atoms with van der Waals surface area (Å²) in [7, 11) is 0. The van der Waals surface area contributed by atoms with Crippen molar-refractivity contribution >= 4 is 11.6 Å². The van der Waals surface area contributed by atoms with Crippen molar-refractivity contribution in [3.05, 3.63) is 0 Å². The van der Waals surface area contributed by atoms with Gasteiger partial charge in [-0.15, -0.1) is 11.6 Å². The van der Waals surface area contributed by atoms with E-state index in [0.29, 0.717) is 45.6 Å². The lowest BCUT2D eigenvalue weighted by Gasteiger charge is -2.10. The van der Waals surface area contributed by atoms with Gasteiger partial charge < -0.3 is 18.9 Å². The molecule has 4 nitrogen and oxygen atoms in total. The van der Waals surface area contributed by atoms with Crippen LogP contribution in [0.3, 0.4) is 0 Å². The molecule has 0 aromatic rings. The molecule has 0 aromatic carbocycles. The number of rotatable bonds is 17. The van der Waals surface area contributed by atoms with Crippen LogP contribution in [-0.2, 0) is 18.9 Å². The number of hydrogen-bond donors (Lipinski definition) is 0. The van der Waals surface area contributed by atoms with Crippen molar-refractivity contribution < 1.29 is 18.9 Å². The van der Waals surface area contributed by atoms with E-state index in [1.54, 1.807) is 0 Å². The smallest absolute Gasteiger partial charge is 0.0701 e. The SMILES string of the molecule is CCCCOCCOCCOCCOCCC(C)CCCl. The fourth-order valence-electron chi connectivity index (χ4n) is 1.62. The van der Waals surface area contributed by atoms with E-state index in [1.165, 1.54) is 6.42 Å². The number of hydrogen-bond acceptors (Lipinski definition) is 4. The van der Waals surface area contributed by atoms with Crippen LogP contribution >= 0.6 is 11.6 Å². The van der Waals surface area contributed by atoms with Crippen LogP contribution in [0.25, 0.3) is 0 Å². The third-order valence-electron chi connectivity index (χ3n) is 3.12. The molecular formula is C16H33ClO4. The molecule has 0 rings (SSSR count). The second-order valence-electron chi connectivity index (χ2n) is 5.17. The highest BCUT2D eigenvalue weighted by atomic mass is 35.5. The minimum absolute atomic E-state index is 0.612. The predicted molar refractivity (Wildman–Crippen MR) is 87.3 cm³/mol. The van der Waals surface area contributed by atoms with Crippen LogP contribution in [0.1, 0.15) is 39.5 Å². The van der Waals surface area contributed by atoms with Gasteiger partial charge in [-0.25, -0.2) is 0 Å². The highest BCUT2D eigenvalue weighted by Crippen LogP contribution is 2.07. The Balaban J connectivity index is 2.99. The van der Waals surface area contributed by atoms with Crippen molar-refractivity contribution in [2.75, 3.05) is 58.7 Å². The van der Waals surface area contributed by atoms with E-state index in [9.17, 15) is 0 Å². The maximum absolute atomic E-state index is 5.68. The first kappa shape index (κ1) is 21.1. The summed E-state index contributed by atoms with van der Waals surface area (Å²) in [6, 6.07) is 0. The summed E-state index contributed by atoms with van der Waals surface area (Å²) in [6.45, 7) is 9.78. The van der Waals surface area contributed by atoms with Crippen LogP contribution in [0.4, 0.5) is 0 Å². The number of halogens is 1. The second kappa shape index (κ2) is 18.2. The van der Waals surface area contributed by atoms with Crippen molar-refractivity contribution in [2.45, 2.75) is 39.5 Å². The van der Waals surface area contributed by atoms with Crippen molar-refractivity contribution in [3.63, 3.8) is 0 Å². The second-order valence-corrected chi connectivity index (χ2v) is 5.55. The molecule has 0 spiro atoms. The fraction of sp³-hybridized carbons (Fsp3) is 1.00. The largest absolute Gasteiger partial charge is 0.379 e. The van der Waals surface area contributed by atoms with Crippen LogP contribution in [-0.4, -0.2) is 58.7 Å². The lowest BCUT2D eigenvalue weighted by Crippen LogP contribution is -2.12. The van der Waals surface area contributed by atoms with Gasteiger partial charge in [0.15, 0.2) is 0 Å². The average molecular weight is 325 g/mol. The minimum atomic E-state index is 0.612. The van der Waals surface area contributed by atoms with E-state index in [4.69, 9.17) is 30.5 Å². The quantitative estimate of drug-likeness (QED) is 0.303. The molecule has 128 valence electrons. The van der Waals surface area contributed by atoms with E-state index in [-0.39, 0.29) is 0 Å². The van der Waals surface area contributed by atoms with Gasteiger partial charge in [-0.3, -0.25) is 0 Å². The van der Waals surface area contributed by atoms with Gasteiger partial charge in [-0.1, -0.05) is 20.3 Å². The molecule has 0 aliphatic heterocycles. The van der Waals surface area contributed by atoms with Crippen molar-refractivity contribution in [1.29, 1.82) is 0 Å². The summed E-state index contributed by atoms with van der Waals surface area (Å²) in [6.07, 6.45) is 4.41. The van der Waals surface area contributed by atoms with Crippen LogP contribution in [0.5, 0.6) is 0 Å². The Morgan fingerprint density at radius 3 is 1.67 bits per heavy atom. The zero-order valence-corrected chi connectivity index (χ0v) is 14.5. The molecule has 0 aliphatic carbocycles. The zero-order chi connectivity index (χ0) is 15.6. The molecule has 5 heteroatoms. The Labute approximate surface area is 135 Å². The lowest BCUT2D eigenvalue weighted by molar-refractivity contribution is -0.00311. The summed E-state index contributed by atoms with van der Waals surface area (Å²) in [5.74, 6) is 1.37. The molecule has 1 unspecified atom stereocenters. The highest BCUT2D eigenvalue weighted by molar-refractivity contribution is 6.17. The number of ether oxygens (including phenoxy) is 4. The molecule has 0 bridgehead atoms. The molecule has 0 aromatic heterocycles. The average Bonchev–Trinajstić information content (AvgIpc) is 2.48. The monoisotopic (exact) mass is 324 g/mol. The first-order chi connectivity index (χ1) is 10.3. The molecular weight excluding hydrogens is 292 g/mol. The van der Waals surface area contributed by atoms with Gasteiger partial charge in [0.2, 0.25) is 0 Å². The summed E-state index contributed by atoms with van der Waals surface area (Å²) >= 11 is 5.68. The number of unbranched alkanes of at least 4 members (excludes halogenated alkanes) is 1. The van der Waals surface area contributed by atoms with E-state index in [1.807, 2.05) is 0 Å². The molecule has 1 atom stereocenters. The van der Waals surface area contributed by atoms with E-state index >= 15 is 0 Å². The van der Waals surface area contributed by atoms with Crippen LogP contribution in [0.15, 0.2) is 0 Å². The first-order valence-corrected chi connectivity index (χ1v) is 8.71. The standard InChI is InChI=1S/C16H33ClO4/c1-3-4-8-18-10-12-20-14-15-21-13-11-19-9-6-16(2)5-7-17/h16H,3-15H2,1-2H3. The van der Waals surface area contributed by atoms with Crippen LogP contribution in [0, 0.1) is 5.92 Å². The number of alkyl halides is 1. The summed E-state index contributed by atoms with van der Waals surface area (Å²) in [5, 5.41) is 0. The molecule has 0 heterocycles. The first-order valence-electron chi connectivity index (χ1n) is 8.18. The summed E-state index contributed by atoms with van der Waals surface area (Å²) in [5.41, 5.74) is 0. The van der Waals surface area contributed by atoms with Gasteiger partial charge in [-0.05, 0) is 25.2 Å². The Kier molecular flexibility index (Phi) is 18.3. The third-order valence-corrected chi connectivity index (χ3v) is 3.33. The Hall–Kier alpha value is 0.130. The van der Waals surface area contributed by atoms with Gasteiger partial charge >= 0.3 is 0 Å². The molecule has 0 fully saturated rings. The highest BCUT2D eigenvalue weighted by Gasteiger charge is 2.00. The van der Waals surface area contributed by atoms with Crippen molar-refractivity contribution in [2.24, 2.45) is 5.92 Å². The van der Waals surface area contributed by atoms with Crippen molar-refractivity contribution in [3.8, 4) is 0 Å². The molecule has 0 saturated heterocycles. The van der Waals surface area contributed by atoms with E-state index < -0.39 is 0 Å². The van der Waals surface area contributed by atoms with Gasteiger partial charge in [0.05, 0.1) is 39.6 Å². The summed E-state index contributed by atoms with van der Waals surface area (Å²) < 4.78 is 21.7. The fourth-order valence-corrected chi connectivity index (χ4v) is 2.00. The molecule has 0 N–H and O–H groups in total. The topological polar surface area (TPSA) is 36.9 Å². The maximum atomic E-state index is 5.68. The summed E-state index contributed by atoms with van der Waals surface area (Å²) in [4.78, 5) is 0. The Morgan fingerprint density at radius 1 is 0.714 bits per heavy atom. The normalized spacial score (nSPS) is 12.7. The molecule has 0 saturated carbocycles. The molecule has 0 aliphatic rings. The van der Waals surface area contributed by atoms with Gasteiger partial charge in [0.1, 0.15) is 0 Å². The van der Waals surface area contributed by atoms with E-state index in [2.05, 4.69) is 13.8 Å². The zero-order valence-electron chi connectivity index (χ0n) is 13.8. The Morgan fingerprint density at radius 2 is 1.19 bits per heavy atom. The molecule has 21 heavy (non-hydrogen) atoms. The van der Waals surface area contributed by atoms with Crippen molar-refractivity contribution in [1.82, 2.24) is 0 Å². The van der Waals surface area contributed by atoms with Crippen LogP contribution in [0.2, 0.25) is 0 Å². The van der Waals surface area contributed by atoms with Gasteiger partial charge in [-0.2, -0.15) is 0 Å².